The number of hydrogen-bond donors (Lipinski definition) is 0. The average molecular weight is 330 g/mol. The first-order valence-electron chi connectivity index (χ1n) is 8.60. The second-order valence-electron chi connectivity index (χ2n) is 7.86. The summed E-state index contributed by atoms with van der Waals surface area (Å²) in [5.74, 6) is 0.0987. The Kier molecular flexibility index (Phi) is 4.63. The van der Waals surface area contributed by atoms with Gasteiger partial charge in [-0.1, -0.05) is 30.3 Å². The molecule has 24 heavy (non-hydrogen) atoms. The summed E-state index contributed by atoms with van der Waals surface area (Å²) in [6.07, 6.45) is -0.304. The average Bonchev–Trinajstić information content (AvgIpc) is 2.47. The molecule has 3 rings (SSSR count). The van der Waals surface area contributed by atoms with Crippen molar-refractivity contribution < 1.29 is 14.3 Å². The third-order valence-electron chi connectivity index (χ3n) is 4.54. The maximum absolute atomic E-state index is 12.5. The molecule has 130 valence electrons. The van der Waals surface area contributed by atoms with Crippen LogP contribution in [0, 0.1) is 11.8 Å². The highest BCUT2D eigenvalue weighted by molar-refractivity contribution is 5.87. The lowest BCUT2D eigenvalue weighted by molar-refractivity contribution is -0.137. The molecule has 0 aliphatic carbocycles. The Morgan fingerprint density at radius 1 is 1.08 bits per heavy atom. The molecule has 2 aliphatic heterocycles. The van der Waals surface area contributed by atoms with Crippen LogP contribution < -0.4 is 0 Å². The molecule has 0 saturated carbocycles. The largest absolute Gasteiger partial charge is 0.444 e. The van der Waals surface area contributed by atoms with E-state index in [1.165, 1.54) is 5.56 Å². The molecule has 0 spiro atoms. The van der Waals surface area contributed by atoms with E-state index in [0.29, 0.717) is 32.0 Å². The van der Waals surface area contributed by atoms with Gasteiger partial charge in [-0.3, -0.25) is 9.69 Å². The first-order chi connectivity index (χ1) is 11.3. The normalized spacial score (nSPS) is 24.8. The summed E-state index contributed by atoms with van der Waals surface area (Å²) < 4.78 is 5.46. The molecule has 0 N–H and O–H groups in total. The molecule has 2 bridgehead atoms. The topological polar surface area (TPSA) is 49.9 Å². The molecular formula is C19H26N2O3. The maximum atomic E-state index is 12.5. The SMILES string of the molecule is CC(C)(C)OC(=O)N1CC2CN(Cc3ccccc3)C[C@@H](C1)C2=O. The van der Waals surface area contributed by atoms with E-state index in [0.717, 1.165) is 6.54 Å². The zero-order chi connectivity index (χ0) is 17.3. The van der Waals surface area contributed by atoms with Crippen molar-refractivity contribution in [1.82, 2.24) is 9.80 Å². The number of hydrogen-bond acceptors (Lipinski definition) is 4. The summed E-state index contributed by atoms with van der Waals surface area (Å²) in [5, 5.41) is 0. The first-order valence-corrected chi connectivity index (χ1v) is 8.60. The first kappa shape index (κ1) is 17.0. The van der Waals surface area contributed by atoms with Crippen molar-refractivity contribution in [3.8, 4) is 0 Å². The van der Waals surface area contributed by atoms with Gasteiger partial charge in [0.2, 0.25) is 0 Å². The molecule has 2 fully saturated rings. The van der Waals surface area contributed by atoms with Crippen molar-refractivity contribution in [3.05, 3.63) is 35.9 Å². The van der Waals surface area contributed by atoms with Gasteiger partial charge in [0.25, 0.3) is 0 Å². The van der Waals surface area contributed by atoms with Gasteiger partial charge in [-0.2, -0.15) is 0 Å². The molecule has 1 aromatic rings. The van der Waals surface area contributed by atoms with E-state index in [-0.39, 0.29) is 17.9 Å². The number of rotatable bonds is 2. The number of ketones is 1. The van der Waals surface area contributed by atoms with Crippen molar-refractivity contribution in [2.45, 2.75) is 32.9 Å². The fourth-order valence-electron chi connectivity index (χ4n) is 3.56. The minimum atomic E-state index is -0.507. The Bertz CT molecular complexity index is 591. The molecule has 1 aromatic carbocycles. The van der Waals surface area contributed by atoms with Crippen molar-refractivity contribution >= 4 is 11.9 Å². The molecule has 2 aliphatic rings. The third-order valence-corrected chi connectivity index (χ3v) is 4.54. The van der Waals surface area contributed by atoms with Crippen molar-refractivity contribution in [2.24, 2.45) is 11.8 Å². The highest BCUT2D eigenvalue weighted by atomic mass is 16.6. The van der Waals surface area contributed by atoms with E-state index in [4.69, 9.17) is 4.74 Å². The van der Waals surface area contributed by atoms with E-state index in [9.17, 15) is 9.59 Å². The fourth-order valence-corrected chi connectivity index (χ4v) is 3.56. The molecular weight excluding hydrogens is 304 g/mol. The molecule has 0 aromatic heterocycles. The highest BCUT2D eigenvalue weighted by Crippen LogP contribution is 2.27. The quantitative estimate of drug-likeness (QED) is 0.836. The molecule has 2 atom stereocenters. The Hall–Kier alpha value is -1.88. The van der Waals surface area contributed by atoms with E-state index in [2.05, 4.69) is 17.0 Å². The lowest BCUT2D eigenvalue weighted by Crippen LogP contribution is -2.59. The standard InChI is InChI=1S/C19H26N2O3/c1-19(2,3)24-18(23)21-12-15-10-20(11-16(13-21)17(15)22)9-14-7-5-4-6-8-14/h4-8,15-16H,9-13H2,1-3H3/t15-,16?/m0/s1. The Labute approximate surface area is 143 Å². The Balaban J connectivity index is 1.63. The van der Waals surface area contributed by atoms with Crippen LogP contribution in [0.25, 0.3) is 0 Å². The van der Waals surface area contributed by atoms with E-state index in [1.807, 2.05) is 39.0 Å². The number of amides is 1. The molecule has 1 unspecified atom stereocenters. The molecule has 2 saturated heterocycles. The van der Waals surface area contributed by atoms with Crippen molar-refractivity contribution in [3.63, 3.8) is 0 Å². The summed E-state index contributed by atoms with van der Waals surface area (Å²) in [6, 6.07) is 10.3. The molecule has 2 heterocycles. The lowest BCUT2D eigenvalue weighted by Gasteiger charge is -2.44. The predicted molar refractivity (Wildman–Crippen MR) is 91.5 cm³/mol. The van der Waals surface area contributed by atoms with Gasteiger partial charge in [-0.25, -0.2) is 4.79 Å². The van der Waals surface area contributed by atoms with Gasteiger partial charge < -0.3 is 9.64 Å². The molecule has 5 nitrogen and oxygen atoms in total. The smallest absolute Gasteiger partial charge is 0.410 e. The number of ether oxygens (including phenoxy) is 1. The van der Waals surface area contributed by atoms with Crippen molar-refractivity contribution in [1.29, 1.82) is 0 Å². The monoisotopic (exact) mass is 330 g/mol. The number of Topliss-reactive ketones (excluding diaryl/α,β-unsaturated/α-hetero) is 1. The van der Waals surface area contributed by atoms with Gasteiger partial charge in [0.05, 0.1) is 0 Å². The highest BCUT2D eigenvalue weighted by Gasteiger charge is 2.43. The molecule has 1 amide bonds. The van der Waals surface area contributed by atoms with Gasteiger partial charge >= 0.3 is 6.09 Å². The molecule has 0 radical (unpaired) electrons. The number of piperidine rings is 2. The summed E-state index contributed by atoms with van der Waals surface area (Å²) >= 11 is 0. The number of nitrogens with zero attached hydrogens (tertiary/aromatic N) is 2. The van der Waals surface area contributed by atoms with E-state index in [1.54, 1.807) is 4.90 Å². The van der Waals surface area contributed by atoms with Crippen LogP contribution in [0.1, 0.15) is 26.3 Å². The van der Waals surface area contributed by atoms with Gasteiger partial charge in [-0.05, 0) is 26.3 Å². The van der Waals surface area contributed by atoms with Crippen LogP contribution in [0.15, 0.2) is 30.3 Å². The van der Waals surface area contributed by atoms with Crippen LogP contribution in [0.5, 0.6) is 0 Å². The summed E-state index contributed by atoms with van der Waals surface area (Å²) in [4.78, 5) is 28.8. The third kappa shape index (κ3) is 3.96. The minimum Gasteiger partial charge on any atom is -0.444 e. The predicted octanol–water partition coefficient (Wildman–Crippen LogP) is 2.55. The number of likely N-dealkylation sites (tertiary alicyclic amines) is 2. The van der Waals surface area contributed by atoms with Gasteiger partial charge in [0, 0.05) is 44.6 Å². The van der Waals surface area contributed by atoms with Crippen LogP contribution in [-0.4, -0.2) is 53.5 Å². The summed E-state index contributed by atoms with van der Waals surface area (Å²) in [7, 11) is 0. The second-order valence-corrected chi connectivity index (χ2v) is 7.86. The van der Waals surface area contributed by atoms with Gasteiger partial charge in [0.15, 0.2) is 0 Å². The summed E-state index contributed by atoms with van der Waals surface area (Å²) in [5.41, 5.74) is 0.751. The lowest BCUT2D eigenvalue weighted by atomic mass is 9.83. The number of carbonyl (C=O) groups excluding carboxylic acids is 2. The summed E-state index contributed by atoms with van der Waals surface area (Å²) in [6.45, 7) is 8.80. The zero-order valence-electron chi connectivity index (χ0n) is 14.7. The second kappa shape index (κ2) is 6.55. The number of benzene rings is 1. The van der Waals surface area contributed by atoms with Crippen LogP contribution >= 0.6 is 0 Å². The number of fused-ring (bicyclic) bond motifs is 2. The van der Waals surface area contributed by atoms with Gasteiger partial charge in [0.1, 0.15) is 11.4 Å². The van der Waals surface area contributed by atoms with E-state index >= 15 is 0 Å². The minimum absolute atomic E-state index is 0.103. The number of carbonyl (C=O) groups is 2. The fraction of sp³-hybridized carbons (Fsp3) is 0.579. The van der Waals surface area contributed by atoms with Gasteiger partial charge in [-0.15, -0.1) is 0 Å². The van der Waals surface area contributed by atoms with E-state index < -0.39 is 5.60 Å². The van der Waals surface area contributed by atoms with Crippen LogP contribution in [-0.2, 0) is 16.1 Å². The molecule has 5 heteroatoms. The van der Waals surface area contributed by atoms with Crippen molar-refractivity contribution in [2.75, 3.05) is 26.2 Å². The zero-order valence-corrected chi connectivity index (χ0v) is 14.7. The van der Waals surface area contributed by atoms with Crippen LogP contribution in [0.3, 0.4) is 0 Å². The van der Waals surface area contributed by atoms with Crippen LogP contribution in [0.4, 0.5) is 4.79 Å². The Morgan fingerprint density at radius 3 is 2.21 bits per heavy atom. The van der Waals surface area contributed by atoms with Crippen LogP contribution in [0.2, 0.25) is 0 Å². The Morgan fingerprint density at radius 2 is 1.67 bits per heavy atom. The maximum Gasteiger partial charge on any atom is 0.410 e.